The SMILES string of the molecule is CCc1ccc(CNC2CCCC(CCl)C2)cc1. The second-order valence-corrected chi connectivity index (χ2v) is 5.74. The normalized spacial score (nSPS) is 24.1. The molecule has 18 heavy (non-hydrogen) atoms. The van der Waals surface area contributed by atoms with E-state index < -0.39 is 0 Å². The van der Waals surface area contributed by atoms with E-state index in [-0.39, 0.29) is 0 Å². The van der Waals surface area contributed by atoms with Crippen LogP contribution in [0.4, 0.5) is 0 Å². The molecule has 0 radical (unpaired) electrons. The molecule has 2 atom stereocenters. The molecule has 1 aliphatic rings. The highest BCUT2D eigenvalue weighted by molar-refractivity contribution is 6.18. The van der Waals surface area contributed by atoms with Crippen molar-refractivity contribution < 1.29 is 0 Å². The Labute approximate surface area is 116 Å². The maximum Gasteiger partial charge on any atom is 0.0252 e. The first-order valence-electron chi connectivity index (χ1n) is 7.19. The highest BCUT2D eigenvalue weighted by atomic mass is 35.5. The molecule has 1 fully saturated rings. The topological polar surface area (TPSA) is 12.0 Å². The summed E-state index contributed by atoms with van der Waals surface area (Å²) in [6.07, 6.45) is 6.31. The van der Waals surface area contributed by atoms with Gasteiger partial charge in [-0.15, -0.1) is 11.6 Å². The average molecular weight is 266 g/mol. The standard InChI is InChI=1S/C16H24ClN/c1-2-13-6-8-14(9-7-13)12-18-16-5-3-4-15(10-16)11-17/h6-9,15-16,18H,2-5,10-12H2,1H3. The van der Waals surface area contributed by atoms with Gasteiger partial charge in [0.2, 0.25) is 0 Å². The van der Waals surface area contributed by atoms with Crippen LogP contribution in [0.3, 0.4) is 0 Å². The van der Waals surface area contributed by atoms with Gasteiger partial charge in [0.15, 0.2) is 0 Å². The molecule has 1 saturated carbocycles. The molecular formula is C16H24ClN. The van der Waals surface area contributed by atoms with E-state index in [1.165, 1.54) is 36.8 Å². The van der Waals surface area contributed by atoms with Crippen LogP contribution in [0.5, 0.6) is 0 Å². The van der Waals surface area contributed by atoms with E-state index in [2.05, 4.69) is 36.5 Å². The van der Waals surface area contributed by atoms with Crippen molar-refractivity contribution in [3.05, 3.63) is 35.4 Å². The minimum atomic E-state index is 0.661. The molecule has 2 heteroatoms. The number of benzene rings is 1. The molecule has 1 nitrogen and oxygen atoms in total. The molecule has 0 aliphatic heterocycles. The van der Waals surface area contributed by atoms with Crippen molar-refractivity contribution >= 4 is 11.6 Å². The minimum Gasteiger partial charge on any atom is -0.310 e. The number of alkyl halides is 1. The van der Waals surface area contributed by atoms with Crippen LogP contribution in [0.2, 0.25) is 0 Å². The van der Waals surface area contributed by atoms with E-state index in [9.17, 15) is 0 Å². The van der Waals surface area contributed by atoms with Crippen LogP contribution in [0, 0.1) is 5.92 Å². The second kappa shape index (κ2) is 7.16. The zero-order chi connectivity index (χ0) is 12.8. The Kier molecular flexibility index (Phi) is 5.52. The third-order valence-electron chi connectivity index (χ3n) is 4.03. The largest absolute Gasteiger partial charge is 0.310 e. The summed E-state index contributed by atoms with van der Waals surface area (Å²) in [5.74, 6) is 1.55. The van der Waals surface area contributed by atoms with Gasteiger partial charge in [0.1, 0.15) is 0 Å². The Balaban J connectivity index is 1.79. The van der Waals surface area contributed by atoms with Crippen molar-refractivity contribution in [1.82, 2.24) is 5.32 Å². The molecule has 1 aliphatic carbocycles. The molecule has 1 N–H and O–H groups in total. The molecule has 2 rings (SSSR count). The van der Waals surface area contributed by atoms with Gasteiger partial charge in [0.25, 0.3) is 0 Å². The first kappa shape index (κ1) is 13.9. The Morgan fingerprint density at radius 2 is 1.89 bits per heavy atom. The highest BCUT2D eigenvalue weighted by Crippen LogP contribution is 2.25. The molecule has 0 aromatic heterocycles. The monoisotopic (exact) mass is 265 g/mol. The van der Waals surface area contributed by atoms with Crippen LogP contribution in [-0.2, 0) is 13.0 Å². The van der Waals surface area contributed by atoms with Gasteiger partial charge in [-0.05, 0) is 42.7 Å². The molecule has 0 spiro atoms. The number of rotatable bonds is 5. The van der Waals surface area contributed by atoms with Crippen molar-refractivity contribution in [3.63, 3.8) is 0 Å². The summed E-state index contributed by atoms with van der Waals surface area (Å²) in [5.41, 5.74) is 2.80. The number of hydrogen-bond donors (Lipinski definition) is 1. The number of nitrogens with one attached hydrogen (secondary N) is 1. The van der Waals surface area contributed by atoms with Crippen LogP contribution in [-0.4, -0.2) is 11.9 Å². The number of aryl methyl sites for hydroxylation is 1. The fourth-order valence-corrected chi connectivity index (χ4v) is 3.05. The van der Waals surface area contributed by atoms with E-state index in [0.717, 1.165) is 24.8 Å². The van der Waals surface area contributed by atoms with Crippen LogP contribution < -0.4 is 5.32 Å². The Bertz CT molecular complexity index is 347. The van der Waals surface area contributed by atoms with Gasteiger partial charge in [0, 0.05) is 18.5 Å². The Morgan fingerprint density at radius 3 is 2.56 bits per heavy atom. The molecule has 0 heterocycles. The summed E-state index contributed by atoms with van der Waals surface area (Å²) in [5, 5.41) is 3.68. The van der Waals surface area contributed by atoms with Gasteiger partial charge in [-0.1, -0.05) is 37.6 Å². The van der Waals surface area contributed by atoms with Gasteiger partial charge < -0.3 is 5.32 Å². The van der Waals surface area contributed by atoms with Crippen molar-refractivity contribution in [3.8, 4) is 0 Å². The number of hydrogen-bond acceptors (Lipinski definition) is 1. The van der Waals surface area contributed by atoms with E-state index in [4.69, 9.17) is 11.6 Å². The summed E-state index contributed by atoms with van der Waals surface area (Å²) in [4.78, 5) is 0. The van der Waals surface area contributed by atoms with Crippen LogP contribution in [0.15, 0.2) is 24.3 Å². The Hall–Kier alpha value is -0.530. The number of halogens is 1. The van der Waals surface area contributed by atoms with Gasteiger partial charge in [-0.25, -0.2) is 0 Å². The highest BCUT2D eigenvalue weighted by Gasteiger charge is 2.20. The fourth-order valence-electron chi connectivity index (χ4n) is 2.77. The molecular weight excluding hydrogens is 242 g/mol. The molecule has 2 unspecified atom stereocenters. The summed E-state index contributed by atoms with van der Waals surface area (Å²) in [7, 11) is 0. The maximum absolute atomic E-state index is 5.97. The van der Waals surface area contributed by atoms with Crippen LogP contribution in [0.1, 0.15) is 43.7 Å². The Morgan fingerprint density at radius 1 is 1.17 bits per heavy atom. The lowest BCUT2D eigenvalue weighted by Gasteiger charge is -2.28. The van der Waals surface area contributed by atoms with Gasteiger partial charge in [0.05, 0.1) is 0 Å². The molecule has 100 valence electrons. The predicted molar refractivity (Wildman–Crippen MR) is 79.1 cm³/mol. The summed E-state index contributed by atoms with van der Waals surface area (Å²) in [6, 6.07) is 9.62. The third kappa shape index (κ3) is 4.00. The lowest BCUT2D eigenvalue weighted by molar-refractivity contribution is 0.303. The molecule has 1 aromatic rings. The molecule has 0 saturated heterocycles. The van der Waals surface area contributed by atoms with E-state index in [1.54, 1.807) is 0 Å². The minimum absolute atomic E-state index is 0.661. The lowest BCUT2D eigenvalue weighted by atomic mass is 9.87. The molecule has 0 bridgehead atoms. The fraction of sp³-hybridized carbons (Fsp3) is 0.625. The van der Waals surface area contributed by atoms with E-state index in [0.29, 0.717) is 6.04 Å². The first-order chi connectivity index (χ1) is 8.81. The zero-order valence-electron chi connectivity index (χ0n) is 11.3. The van der Waals surface area contributed by atoms with Gasteiger partial charge >= 0.3 is 0 Å². The van der Waals surface area contributed by atoms with Gasteiger partial charge in [-0.2, -0.15) is 0 Å². The van der Waals surface area contributed by atoms with E-state index in [1.807, 2.05) is 0 Å². The molecule has 0 amide bonds. The van der Waals surface area contributed by atoms with Crippen molar-refractivity contribution in [2.24, 2.45) is 5.92 Å². The quantitative estimate of drug-likeness (QED) is 0.789. The van der Waals surface area contributed by atoms with Gasteiger partial charge in [-0.3, -0.25) is 0 Å². The smallest absolute Gasteiger partial charge is 0.0252 e. The van der Waals surface area contributed by atoms with Crippen LogP contribution in [0.25, 0.3) is 0 Å². The van der Waals surface area contributed by atoms with Crippen LogP contribution >= 0.6 is 11.6 Å². The predicted octanol–water partition coefficient (Wildman–Crippen LogP) is 4.14. The average Bonchev–Trinajstić information content (AvgIpc) is 2.46. The van der Waals surface area contributed by atoms with Crippen molar-refractivity contribution in [1.29, 1.82) is 0 Å². The third-order valence-corrected chi connectivity index (χ3v) is 4.46. The summed E-state index contributed by atoms with van der Waals surface area (Å²) >= 11 is 5.97. The maximum atomic E-state index is 5.97. The second-order valence-electron chi connectivity index (χ2n) is 5.43. The zero-order valence-corrected chi connectivity index (χ0v) is 12.0. The van der Waals surface area contributed by atoms with Crippen molar-refractivity contribution in [2.75, 3.05) is 5.88 Å². The summed E-state index contributed by atoms with van der Waals surface area (Å²) < 4.78 is 0. The molecule has 1 aromatic carbocycles. The summed E-state index contributed by atoms with van der Waals surface area (Å²) in [6.45, 7) is 3.19. The van der Waals surface area contributed by atoms with Crippen molar-refractivity contribution in [2.45, 2.75) is 51.6 Å². The first-order valence-corrected chi connectivity index (χ1v) is 7.72. The lowest BCUT2D eigenvalue weighted by Crippen LogP contribution is -2.34. The van der Waals surface area contributed by atoms with E-state index >= 15 is 0 Å².